The highest BCUT2D eigenvalue weighted by atomic mass is 14.5. The minimum atomic E-state index is 0.418. The molecule has 3 aromatic rings. The molecule has 194 valence electrons. The van der Waals surface area contributed by atoms with Crippen molar-refractivity contribution >= 4 is 11.1 Å². The van der Waals surface area contributed by atoms with Gasteiger partial charge in [-0.3, -0.25) is 0 Å². The number of aryl methyl sites for hydroxylation is 2. The van der Waals surface area contributed by atoms with Crippen LogP contribution in [0.5, 0.6) is 0 Å². The molecule has 0 bridgehead atoms. The second-order valence-corrected chi connectivity index (χ2v) is 9.53. The van der Waals surface area contributed by atoms with Crippen LogP contribution < -0.4 is 5.73 Å². The van der Waals surface area contributed by atoms with Crippen LogP contribution in [0.3, 0.4) is 0 Å². The predicted molar refractivity (Wildman–Crippen MR) is 167 cm³/mol. The van der Waals surface area contributed by atoms with E-state index in [4.69, 9.17) is 5.73 Å². The van der Waals surface area contributed by atoms with Crippen LogP contribution in [0.15, 0.2) is 103 Å². The summed E-state index contributed by atoms with van der Waals surface area (Å²) in [6.45, 7) is 19.1. The van der Waals surface area contributed by atoms with Crippen molar-refractivity contribution in [2.75, 3.05) is 0 Å². The van der Waals surface area contributed by atoms with Gasteiger partial charge in [-0.15, -0.1) is 0 Å². The highest BCUT2D eigenvalue weighted by Crippen LogP contribution is 2.37. The van der Waals surface area contributed by atoms with Gasteiger partial charge in [0, 0.05) is 5.92 Å². The maximum absolute atomic E-state index is 5.29. The molecule has 0 saturated heterocycles. The molecule has 0 radical (unpaired) electrons. The summed E-state index contributed by atoms with van der Waals surface area (Å²) in [6.07, 6.45) is 10.6. The van der Waals surface area contributed by atoms with E-state index in [0.29, 0.717) is 5.92 Å². The summed E-state index contributed by atoms with van der Waals surface area (Å²) in [6, 6.07) is 23.7. The minimum absolute atomic E-state index is 0.418. The van der Waals surface area contributed by atoms with Crippen LogP contribution in [0.4, 0.5) is 0 Å². The van der Waals surface area contributed by atoms with E-state index >= 15 is 0 Å². The second-order valence-electron chi connectivity index (χ2n) is 9.53. The maximum Gasteiger partial charge on any atom is 0.000671 e. The highest BCUT2D eigenvalue weighted by molar-refractivity contribution is 5.89. The van der Waals surface area contributed by atoms with Gasteiger partial charge in [0.15, 0.2) is 0 Å². The zero-order valence-electron chi connectivity index (χ0n) is 23.9. The molecule has 1 nitrogen and oxygen atoms in total. The number of rotatable bonds is 5. The SMILES string of the molecule is C=C(C)c1cc(-c2ccc(C)cc2)cc(C)c1C1=CCCC=C1C.CC.CC(/C=C\N)c1ccccc1. The van der Waals surface area contributed by atoms with Gasteiger partial charge in [0.2, 0.25) is 0 Å². The van der Waals surface area contributed by atoms with Gasteiger partial charge < -0.3 is 5.73 Å². The molecule has 0 saturated carbocycles. The molecule has 37 heavy (non-hydrogen) atoms. The molecule has 3 aromatic carbocycles. The first kappa shape index (κ1) is 29.6. The fraction of sp³-hybridized carbons (Fsp3) is 0.278. The first-order chi connectivity index (χ1) is 17.8. The summed E-state index contributed by atoms with van der Waals surface area (Å²) in [5, 5.41) is 0. The number of allylic oxidation sites excluding steroid dienone is 6. The minimum Gasteiger partial charge on any atom is -0.405 e. The summed E-state index contributed by atoms with van der Waals surface area (Å²) in [4.78, 5) is 0. The lowest BCUT2D eigenvalue weighted by Gasteiger charge is -2.21. The number of benzene rings is 3. The lowest BCUT2D eigenvalue weighted by atomic mass is 9.83. The van der Waals surface area contributed by atoms with Gasteiger partial charge in [-0.1, -0.05) is 117 Å². The van der Waals surface area contributed by atoms with Crippen molar-refractivity contribution in [1.29, 1.82) is 0 Å². The standard InChI is InChI=1S/C24H26.C10H13N.C2H6/c1-16(2)23-15-21(20-12-10-17(3)11-13-20)14-19(5)24(23)22-9-7-6-8-18(22)4;1-9(7-8-11)10-5-3-2-4-6-10;1-2/h8-15H,1,6-7H2,2-5H3;2-9H,11H2,1H3;1-2H3/b;8-7-;. The summed E-state index contributed by atoms with van der Waals surface area (Å²) in [5.74, 6) is 0.418. The molecule has 1 aliphatic carbocycles. The number of hydrogen-bond donors (Lipinski definition) is 1. The lowest BCUT2D eigenvalue weighted by molar-refractivity contribution is 0.963. The largest absolute Gasteiger partial charge is 0.405 e. The van der Waals surface area contributed by atoms with E-state index in [9.17, 15) is 0 Å². The third-order valence-electron chi connectivity index (χ3n) is 6.57. The third kappa shape index (κ3) is 8.22. The molecule has 0 aromatic heterocycles. The van der Waals surface area contributed by atoms with Crippen LogP contribution in [0, 0.1) is 13.8 Å². The van der Waals surface area contributed by atoms with Gasteiger partial charge in [0.25, 0.3) is 0 Å². The molecule has 1 heteroatoms. The smallest absolute Gasteiger partial charge is 0.000671 e. The summed E-state index contributed by atoms with van der Waals surface area (Å²) >= 11 is 0. The molecular formula is C36H45N. The zero-order chi connectivity index (χ0) is 27.4. The first-order valence-corrected chi connectivity index (χ1v) is 13.5. The monoisotopic (exact) mass is 491 g/mol. The maximum atomic E-state index is 5.29. The van der Waals surface area contributed by atoms with E-state index in [1.807, 2.05) is 38.1 Å². The van der Waals surface area contributed by atoms with Crippen LogP contribution in [0.2, 0.25) is 0 Å². The molecule has 2 N–H and O–H groups in total. The Morgan fingerprint density at radius 2 is 1.49 bits per heavy atom. The molecule has 4 rings (SSSR count). The van der Waals surface area contributed by atoms with Crippen molar-refractivity contribution in [2.24, 2.45) is 5.73 Å². The van der Waals surface area contributed by atoms with E-state index in [-0.39, 0.29) is 0 Å². The summed E-state index contributed by atoms with van der Waals surface area (Å²) in [7, 11) is 0. The van der Waals surface area contributed by atoms with Gasteiger partial charge in [-0.25, -0.2) is 0 Å². The summed E-state index contributed by atoms with van der Waals surface area (Å²) in [5.41, 5.74) is 18.3. The zero-order valence-corrected chi connectivity index (χ0v) is 23.9. The predicted octanol–water partition coefficient (Wildman–Crippen LogP) is 10.4. The normalized spacial score (nSPS) is 13.4. The Morgan fingerprint density at radius 1 is 0.865 bits per heavy atom. The van der Waals surface area contributed by atoms with Crippen LogP contribution in [0.25, 0.3) is 22.3 Å². The molecule has 0 amide bonds. The molecule has 1 atom stereocenters. The number of nitrogens with two attached hydrogens (primary N) is 1. The molecule has 1 aliphatic rings. The van der Waals surface area contributed by atoms with Crippen molar-refractivity contribution < 1.29 is 0 Å². The van der Waals surface area contributed by atoms with Crippen molar-refractivity contribution in [1.82, 2.24) is 0 Å². The molecule has 0 aliphatic heterocycles. The van der Waals surface area contributed by atoms with Crippen LogP contribution >= 0.6 is 0 Å². The number of hydrogen-bond acceptors (Lipinski definition) is 1. The Kier molecular flexibility index (Phi) is 11.9. The topological polar surface area (TPSA) is 26.0 Å². The fourth-order valence-corrected chi connectivity index (χ4v) is 4.53. The Hall–Kier alpha value is -3.58. The van der Waals surface area contributed by atoms with E-state index in [2.05, 4.69) is 102 Å². The van der Waals surface area contributed by atoms with Crippen LogP contribution in [0.1, 0.15) is 81.2 Å². The van der Waals surface area contributed by atoms with Gasteiger partial charge >= 0.3 is 0 Å². The van der Waals surface area contributed by atoms with Crippen LogP contribution in [-0.4, -0.2) is 0 Å². The average molecular weight is 492 g/mol. The molecule has 0 heterocycles. The summed E-state index contributed by atoms with van der Waals surface area (Å²) < 4.78 is 0. The van der Waals surface area contributed by atoms with Crippen molar-refractivity contribution in [3.05, 3.63) is 131 Å². The Bertz CT molecular complexity index is 1240. The fourth-order valence-electron chi connectivity index (χ4n) is 4.53. The third-order valence-corrected chi connectivity index (χ3v) is 6.57. The molecule has 0 spiro atoms. The molecule has 0 fully saturated rings. The lowest BCUT2D eigenvalue weighted by Crippen LogP contribution is -2.00. The van der Waals surface area contributed by atoms with E-state index < -0.39 is 0 Å². The average Bonchev–Trinajstić information content (AvgIpc) is 2.91. The molecule has 1 unspecified atom stereocenters. The van der Waals surface area contributed by atoms with Crippen molar-refractivity contribution in [2.45, 2.75) is 67.2 Å². The highest BCUT2D eigenvalue weighted by Gasteiger charge is 2.16. The van der Waals surface area contributed by atoms with Crippen molar-refractivity contribution in [3.63, 3.8) is 0 Å². The first-order valence-electron chi connectivity index (χ1n) is 13.5. The van der Waals surface area contributed by atoms with Gasteiger partial charge in [-0.2, -0.15) is 0 Å². The van der Waals surface area contributed by atoms with E-state index in [1.54, 1.807) is 6.20 Å². The van der Waals surface area contributed by atoms with E-state index in [0.717, 1.165) is 18.4 Å². The second kappa shape index (κ2) is 14.9. The quantitative estimate of drug-likeness (QED) is 0.377. The Balaban J connectivity index is 0.000000311. The Morgan fingerprint density at radius 3 is 2.05 bits per heavy atom. The van der Waals surface area contributed by atoms with Gasteiger partial charge in [0.05, 0.1) is 0 Å². The molecular weight excluding hydrogens is 446 g/mol. The van der Waals surface area contributed by atoms with E-state index in [1.165, 1.54) is 50.1 Å². The van der Waals surface area contributed by atoms with Crippen LogP contribution in [-0.2, 0) is 0 Å². The van der Waals surface area contributed by atoms with Gasteiger partial charge in [-0.05, 0) is 97.3 Å². The van der Waals surface area contributed by atoms with Crippen molar-refractivity contribution in [3.8, 4) is 11.1 Å². The Labute approximate surface area is 226 Å². The van der Waals surface area contributed by atoms with Gasteiger partial charge in [0.1, 0.15) is 0 Å².